The number of carboxylic acid groups (broad SMARTS) is 1. The van der Waals surface area contributed by atoms with Gasteiger partial charge in [0.25, 0.3) is 5.91 Å². The topological polar surface area (TPSA) is 136 Å². The lowest BCUT2D eigenvalue weighted by Gasteiger charge is -2.06. The summed E-state index contributed by atoms with van der Waals surface area (Å²) in [6, 6.07) is 8.72. The summed E-state index contributed by atoms with van der Waals surface area (Å²) in [6.45, 7) is 0. The lowest BCUT2D eigenvalue weighted by molar-refractivity contribution is -0.192. The van der Waals surface area contributed by atoms with E-state index in [4.69, 9.17) is 15.4 Å². The summed E-state index contributed by atoms with van der Waals surface area (Å²) < 4.78 is 33.0. The van der Waals surface area contributed by atoms with E-state index < -0.39 is 18.1 Å². The van der Waals surface area contributed by atoms with Crippen molar-refractivity contribution in [3.63, 3.8) is 0 Å². The second kappa shape index (κ2) is 7.26. The van der Waals surface area contributed by atoms with E-state index in [0.29, 0.717) is 5.69 Å². The lowest BCUT2D eigenvalue weighted by atomic mass is 10.2. The van der Waals surface area contributed by atoms with Gasteiger partial charge in [-0.25, -0.2) is 10.3 Å². The summed E-state index contributed by atoms with van der Waals surface area (Å²) in [5.41, 5.74) is 7.38. The van der Waals surface area contributed by atoms with Crippen LogP contribution in [0.25, 0.3) is 5.69 Å². The van der Waals surface area contributed by atoms with Crippen LogP contribution in [0.5, 0.6) is 11.8 Å². The van der Waals surface area contributed by atoms with Gasteiger partial charge in [0.1, 0.15) is 0 Å². The van der Waals surface area contributed by atoms with E-state index in [1.54, 1.807) is 0 Å². The van der Waals surface area contributed by atoms with Crippen LogP contribution in [0.1, 0.15) is 10.4 Å². The normalized spacial score (nSPS) is 10.5. The molecule has 4 N–H and O–H groups in total. The molecule has 0 bridgehead atoms. The van der Waals surface area contributed by atoms with Gasteiger partial charge < -0.3 is 15.3 Å². The Bertz CT molecular complexity index is 734. The lowest BCUT2D eigenvalue weighted by Crippen LogP contribution is -2.21. The van der Waals surface area contributed by atoms with Gasteiger partial charge in [-0.3, -0.25) is 9.36 Å². The largest absolute Gasteiger partial charge is 0.494 e. The van der Waals surface area contributed by atoms with Crippen molar-refractivity contribution in [3.05, 3.63) is 42.0 Å². The first-order valence-corrected chi connectivity index (χ1v) is 6.00. The minimum Gasteiger partial charge on any atom is -0.494 e. The van der Waals surface area contributed by atoms with Crippen LogP contribution < -0.4 is 0 Å². The van der Waals surface area contributed by atoms with Crippen LogP contribution in [0, 0.1) is 5.53 Å². The van der Waals surface area contributed by atoms with E-state index in [1.165, 1.54) is 41.0 Å². The molecule has 24 heavy (non-hydrogen) atoms. The number of carbonyl (C=O) groups is 2. The van der Waals surface area contributed by atoms with Gasteiger partial charge >= 0.3 is 12.1 Å². The van der Waals surface area contributed by atoms with E-state index in [1.807, 2.05) is 0 Å². The van der Waals surface area contributed by atoms with E-state index in [-0.39, 0.29) is 17.3 Å². The molecule has 11 heteroatoms. The number of hydrogen-bond donors (Lipinski definition) is 4. The van der Waals surface area contributed by atoms with Gasteiger partial charge in [-0.2, -0.15) is 13.2 Å². The molecule has 0 fully saturated rings. The minimum atomic E-state index is -5.08. The molecule has 0 unspecified atom stereocenters. The number of nitrogens with zero attached hydrogens (tertiary/aromatic N) is 2. The quantitative estimate of drug-likeness (QED) is 0.620. The number of halogens is 3. The molecule has 2 aromatic rings. The van der Waals surface area contributed by atoms with Crippen LogP contribution in [0.2, 0.25) is 0 Å². The van der Waals surface area contributed by atoms with Crippen LogP contribution in [-0.4, -0.2) is 37.9 Å². The van der Waals surface area contributed by atoms with Crippen LogP contribution in [0.4, 0.5) is 13.2 Å². The molecule has 0 aliphatic carbocycles. The number of benzene rings is 1. The average Bonchev–Trinajstić information content (AvgIpc) is 2.85. The fourth-order valence-corrected chi connectivity index (χ4v) is 1.50. The van der Waals surface area contributed by atoms with E-state index in [9.17, 15) is 28.2 Å². The van der Waals surface area contributed by atoms with Crippen molar-refractivity contribution in [1.29, 1.82) is 5.53 Å². The number of aromatic hydroxyl groups is 2. The molecule has 0 radical (unpaired) electrons. The molecule has 8 nitrogen and oxygen atoms in total. The Morgan fingerprint density at radius 2 is 1.42 bits per heavy atom. The van der Waals surface area contributed by atoms with Crippen molar-refractivity contribution in [1.82, 2.24) is 4.57 Å². The molecule has 1 aromatic heterocycles. The second-order valence-electron chi connectivity index (χ2n) is 4.15. The molecule has 1 amide bonds. The zero-order valence-corrected chi connectivity index (χ0v) is 11.7. The van der Waals surface area contributed by atoms with E-state index in [0.717, 1.165) is 0 Å². The van der Waals surface area contributed by atoms with E-state index >= 15 is 0 Å². The highest BCUT2D eigenvalue weighted by Gasteiger charge is 2.38. The fraction of sp³-hybridized carbons (Fsp3) is 0.0769. The number of nitrogens with one attached hydrogen (secondary N) is 1. The maximum absolute atomic E-state index is 11.1. The number of rotatable bonds is 2. The molecule has 128 valence electrons. The Labute approximate surface area is 131 Å². The van der Waals surface area contributed by atoms with Crippen molar-refractivity contribution in [3.8, 4) is 17.4 Å². The molecule has 1 heterocycles. The number of alkyl halides is 3. The number of amides is 1. The zero-order valence-electron chi connectivity index (χ0n) is 11.7. The number of carboxylic acids is 1. The summed E-state index contributed by atoms with van der Waals surface area (Å²) in [6.07, 6.45) is -5.08. The highest BCUT2D eigenvalue weighted by Crippen LogP contribution is 2.26. The summed E-state index contributed by atoms with van der Waals surface area (Å²) >= 11 is 0. The number of carbonyl (C=O) groups excluding carboxylic acids is 1. The first-order chi connectivity index (χ1) is 11.1. The Morgan fingerprint density at radius 3 is 1.75 bits per heavy atom. The van der Waals surface area contributed by atoms with Crippen molar-refractivity contribution in [2.45, 2.75) is 6.18 Å². The van der Waals surface area contributed by atoms with Crippen LogP contribution in [0.3, 0.4) is 0 Å². The van der Waals surface area contributed by atoms with Gasteiger partial charge in [0.05, 0.1) is 5.69 Å². The Morgan fingerprint density at radius 1 is 1.00 bits per heavy atom. The second-order valence-corrected chi connectivity index (χ2v) is 4.15. The first kappa shape index (κ1) is 18.7. The van der Waals surface area contributed by atoms with Crippen LogP contribution in [-0.2, 0) is 4.79 Å². The molecule has 0 atom stereocenters. The Hall–Kier alpha value is -3.37. The van der Waals surface area contributed by atoms with Crippen molar-refractivity contribution in [2.75, 3.05) is 0 Å². The van der Waals surface area contributed by atoms with Gasteiger partial charge in [-0.05, 0) is 24.3 Å². The number of hydrogen-bond acceptors (Lipinski definition) is 5. The smallest absolute Gasteiger partial charge is 0.490 e. The molecule has 0 saturated heterocycles. The highest BCUT2D eigenvalue weighted by molar-refractivity contribution is 5.94. The van der Waals surface area contributed by atoms with Gasteiger partial charge in [0, 0.05) is 17.7 Å². The first-order valence-electron chi connectivity index (χ1n) is 6.00. The third-order valence-electron chi connectivity index (χ3n) is 2.56. The molecule has 0 aliphatic rings. The Kier molecular flexibility index (Phi) is 5.65. The van der Waals surface area contributed by atoms with Crippen LogP contribution >= 0.6 is 0 Å². The molecule has 0 aliphatic heterocycles. The fourth-order valence-electron chi connectivity index (χ4n) is 1.50. The zero-order chi connectivity index (χ0) is 18.5. The summed E-state index contributed by atoms with van der Waals surface area (Å²) in [5, 5.41) is 28.9. The summed E-state index contributed by atoms with van der Waals surface area (Å²) in [4.78, 5) is 20.0. The highest BCUT2D eigenvalue weighted by atomic mass is 19.4. The molecule has 0 saturated carbocycles. The Balaban J connectivity index is 0.000000351. The molecule has 2 rings (SSSR count). The third kappa shape index (κ3) is 4.56. The SMILES string of the molecule is N=NC(=O)c1ccc(-n2c(O)ccc2O)cc1.O=C(O)C(F)(F)F. The molecule has 1 aromatic carbocycles. The van der Waals surface area contributed by atoms with Crippen LogP contribution in [0.15, 0.2) is 41.5 Å². The van der Waals surface area contributed by atoms with Gasteiger partial charge in [-0.1, -0.05) is 0 Å². The molecule has 0 spiro atoms. The van der Waals surface area contributed by atoms with Gasteiger partial charge in [-0.15, -0.1) is 5.11 Å². The minimum absolute atomic E-state index is 0.105. The standard InChI is InChI=1S/C11H9N3O3.C2HF3O2/c12-13-11(17)7-1-3-8(4-2-7)14-9(15)5-6-10(14)16;3-2(4,5)1(6)7/h1-6,12,15-16H;(H,6,7). The third-order valence-corrected chi connectivity index (χ3v) is 2.56. The maximum Gasteiger partial charge on any atom is 0.490 e. The van der Waals surface area contributed by atoms with Crippen molar-refractivity contribution < 1.29 is 38.1 Å². The summed E-state index contributed by atoms with van der Waals surface area (Å²) in [5.74, 6) is -3.61. The average molecular weight is 345 g/mol. The number of aromatic nitrogens is 1. The van der Waals surface area contributed by atoms with Crippen molar-refractivity contribution >= 4 is 11.9 Å². The monoisotopic (exact) mass is 345 g/mol. The molecular weight excluding hydrogens is 335 g/mol. The predicted molar refractivity (Wildman–Crippen MR) is 72.3 cm³/mol. The predicted octanol–water partition coefficient (Wildman–Crippen LogP) is 2.69. The van der Waals surface area contributed by atoms with Gasteiger partial charge in [0.15, 0.2) is 11.8 Å². The van der Waals surface area contributed by atoms with Gasteiger partial charge in [0.2, 0.25) is 0 Å². The maximum atomic E-state index is 11.1. The summed E-state index contributed by atoms with van der Waals surface area (Å²) in [7, 11) is 0. The molecular formula is C13H10F3N3O5. The van der Waals surface area contributed by atoms with Crippen molar-refractivity contribution in [2.24, 2.45) is 5.11 Å². The number of aliphatic carboxylic acids is 1. The van der Waals surface area contributed by atoms with E-state index in [2.05, 4.69) is 5.11 Å².